The first-order chi connectivity index (χ1) is 13.6. The zero-order valence-electron chi connectivity index (χ0n) is 14.9. The van der Waals surface area contributed by atoms with Crippen LogP contribution in [0.5, 0.6) is 11.5 Å². The summed E-state index contributed by atoms with van der Waals surface area (Å²) >= 11 is 6.29. The molecule has 0 radical (unpaired) electrons. The number of aromatic hydroxyl groups is 2. The van der Waals surface area contributed by atoms with E-state index in [0.29, 0.717) is 10.8 Å². The highest BCUT2D eigenvalue weighted by Gasteiger charge is 2.17. The molecule has 138 valence electrons. The van der Waals surface area contributed by atoms with Crippen molar-refractivity contribution in [3.8, 4) is 11.5 Å². The van der Waals surface area contributed by atoms with Crippen LogP contribution in [-0.2, 0) is 0 Å². The van der Waals surface area contributed by atoms with Gasteiger partial charge < -0.3 is 15.5 Å². The van der Waals surface area contributed by atoms with E-state index in [0.717, 1.165) is 16.8 Å². The largest absolute Gasteiger partial charge is 0.506 e. The Morgan fingerprint density at radius 2 is 1.18 bits per heavy atom. The van der Waals surface area contributed by atoms with Gasteiger partial charge in [0, 0.05) is 16.5 Å². The van der Waals surface area contributed by atoms with E-state index in [1.165, 1.54) is 0 Å². The Hall–Kier alpha value is -3.43. The Morgan fingerprint density at radius 1 is 0.643 bits per heavy atom. The Morgan fingerprint density at radius 3 is 1.82 bits per heavy atom. The number of phenols is 2. The van der Waals surface area contributed by atoms with Crippen LogP contribution in [0.2, 0.25) is 5.02 Å². The summed E-state index contributed by atoms with van der Waals surface area (Å²) in [5.74, 6) is -0.0496. The van der Waals surface area contributed by atoms with Crippen molar-refractivity contribution < 1.29 is 10.2 Å². The molecule has 0 aromatic heterocycles. The second kappa shape index (κ2) is 7.67. The summed E-state index contributed by atoms with van der Waals surface area (Å²) < 4.78 is 0. The number of halogens is 1. The molecule has 0 unspecified atom stereocenters. The highest BCUT2D eigenvalue weighted by molar-refractivity contribution is 6.37. The number of hydrogen-bond donors (Lipinski definition) is 3. The van der Waals surface area contributed by atoms with Gasteiger partial charge in [-0.05, 0) is 23.3 Å². The predicted octanol–water partition coefficient (Wildman–Crippen LogP) is 6.82. The third-order valence-corrected chi connectivity index (χ3v) is 4.92. The molecule has 3 nitrogen and oxygen atoms in total. The number of benzene rings is 4. The first-order valence-electron chi connectivity index (χ1n) is 8.86. The van der Waals surface area contributed by atoms with Gasteiger partial charge in [0.25, 0.3) is 0 Å². The molecule has 0 aliphatic heterocycles. The molecular weight excluding hydrogens is 370 g/mol. The van der Waals surface area contributed by atoms with Gasteiger partial charge >= 0.3 is 0 Å². The van der Waals surface area contributed by atoms with E-state index in [2.05, 4.69) is 5.32 Å². The highest BCUT2D eigenvalue weighted by Crippen LogP contribution is 2.46. The maximum absolute atomic E-state index is 10.6. The molecule has 3 N–H and O–H groups in total. The Balaban J connectivity index is 1.61. The summed E-state index contributed by atoms with van der Waals surface area (Å²) in [5, 5.41) is 25.2. The molecular formula is C24H18ClNO2. The fraction of sp³-hybridized carbons (Fsp3) is 0. The van der Waals surface area contributed by atoms with Gasteiger partial charge in [-0.25, -0.2) is 0 Å². The predicted molar refractivity (Wildman–Crippen MR) is 117 cm³/mol. The summed E-state index contributed by atoms with van der Waals surface area (Å²) in [6.45, 7) is 0. The Labute approximate surface area is 168 Å². The first-order valence-corrected chi connectivity index (χ1v) is 9.23. The molecule has 0 aliphatic carbocycles. The average molecular weight is 388 g/mol. The van der Waals surface area contributed by atoms with Gasteiger partial charge in [-0.3, -0.25) is 0 Å². The van der Waals surface area contributed by atoms with Crippen LogP contribution in [0.25, 0.3) is 22.9 Å². The fourth-order valence-electron chi connectivity index (χ4n) is 3.06. The molecule has 4 aromatic carbocycles. The summed E-state index contributed by atoms with van der Waals surface area (Å²) in [5.41, 5.74) is 3.22. The second-order valence-corrected chi connectivity index (χ2v) is 6.80. The lowest BCUT2D eigenvalue weighted by molar-refractivity contribution is 0.471. The third-order valence-electron chi connectivity index (χ3n) is 4.55. The standard InChI is InChI=1S/C24H18ClNO2/c25-21-22(24(28)20-9-5-4-8-19(20)23(21)27)26-18-14-12-17(13-15-18)11-10-16-6-2-1-3-7-16/h1-15,26-28H/b11-10+. The molecule has 0 saturated heterocycles. The van der Waals surface area contributed by atoms with Crippen LogP contribution in [0.1, 0.15) is 11.1 Å². The Kier molecular flexibility index (Phi) is 4.92. The van der Waals surface area contributed by atoms with Crippen LogP contribution >= 0.6 is 11.6 Å². The van der Waals surface area contributed by atoms with Crippen molar-refractivity contribution in [1.29, 1.82) is 0 Å². The minimum Gasteiger partial charge on any atom is -0.506 e. The van der Waals surface area contributed by atoms with Crippen LogP contribution in [0.3, 0.4) is 0 Å². The van der Waals surface area contributed by atoms with Crippen molar-refractivity contribution >= 4 is 45.9 Å². The summed E-state index contributed by atoms with van der Waals surface area (Å²) in [4.78, 5) is 0. The van der Waals surface area contributed by atoms with Gasteiger partial charge in [0.05, 0.1) is 0 Å². The SMILES string of the molecule is Oc1c(Cl)c(Nc2ccc(/C=C/c3ccccc3)cc2)c(O)c2ccccc12. The molecule has 0 spiro atoms. The van der Waals surface area contributed by atoms with Crippen molar-refractivity contribution in [2.75, 3.05) is 5.32 Å². The lowest BCUT2D eigenvalue weighted by Crippen LogP contribution is -1.93. The maximum atomic E-state index is 10.6. The molecule has 0 aliphatic rings. The molecule has 0 bridgehead atoms. The lowest BCUT2D eigenvalue weighted by atomic mass is 10.1. The van der Waals surface area contributed by atoms with Crippen molar-refractivity contribution in [2.24, 2.45) is 0 Å². The van der Waals surface area contributed by atoms with Gasteiger partial charge in [0.15, 0.2) is 0 Å². The summed E-state index contributed by atoms with van der Waals surface area (Å²) in [7, 11) is 0. The molecule has 0 fully saturated rings. The van der Waals surface area contributed by atoms with E-state index in [1.807, 2.05) is 66.7 Å². The number of fused-ring (bicyclic) bond motifs is 1. The molecule has 28 heavy (non-hydrogen) atoms. The smallest absolute Gasteiger partial charge is 0.148 e. The van der Waals surface area contributed by atoms with Crippen LogP contribution < -0.4 is 5.32 Å². The number of rotatable bonds is 4. The lowest BCUT2D eigenvalue weighted by Gasteiger charge is -2.15. The zero-order valence-corrected chi connectivity index (χ0v) is 15.7. The zero-order chi connectivity index (χ0) is 19.5. The van der Waals surface area contributed by atoms with Crippen molar-refractivity contribution in [2.45, 2.75) is 0 Å². The molecule has 0 saturated carbocycles. The number of nitrogens with one attached hydrogen (secondary N) is 1. The molecule has 4 rings (SSSR count). The number of anilines is 2. The van der Waals surface area contributed by atoms with Gasteiger partial charge in [0.1, 0.15) is 22.2 Å². The molecule has 4 heteroatoms. The van der Waals surface area contributed by atoms with Gasteiger partial charge in [0.2, 0.25) is 0 Å². The summed E-state index contributed by atoms with van der Waals surface area (Å²) in [6, 6.07) is 24.8. The maximum Gasteiger partial charge on any atom is 0.148 e. The van der Waals surface area contributed by atoms with Gasteiger partial charge in [-0.2, -0.15) is 0 Å². The molecule has 0 amide bonds. The second-order valence-electron chi connectivity index (χ2n) is 6.42. The van der Waals surface area contributed by atoms with Crippen molar-refractivity contribution in [3.63, 3.8) is 0 Å². The quantitative estimate of drug-likeness (QED) is 0.204. The fourth-order valence-corrected chi connectivity index (χ4v) is 3.30. The molecule has 0 heterocycles. The van der Waals surface area contributed by atoms with E-state index in [4.69, 9.17) is 11.6 Å². The minimum atomic E-state index is -0.0556. The van der Waals surface area contributed by atoms with Gasteiger partial charge in [-0.15, -0.1) is 0 Å². The van der Waals surface area contributed by atoms with Crippen molar-refractivity contribution in [3.05, 3.63) is 95.0 Å². The normalized spacial score (nSPS) is 11.2. The van der Waals surface area contributed by atoms with E-state index >= 15 is 0 Å². The number of hydrogen-bond acceptors (Lipinski definition) is 3. The van der Waals surface area contributed by atoms with E-state index < -0.39 is 0 Å². The monoisotopic (exact) mass is 387 g/mol. The van der Waals surface area contributed by atoms with Crippen LogP contribution in [0.4, 0.5) is 11.4 Å². The van der Waals surface area contributed by atoms with Gasteiger partial charge in [-0.1, -0.05) is 90.5 Å². The first kappa shape index (κ1) is 18.0. The van der Waals surface area contributed by atoms with E-state index in [1.54, 1.807) is 24.3 Å². The van der Waals surface area contributed by atoms with Crippen LogP contribution in [0, 0.1) is 0 Å². The topological polar surface area (TPSA) is 52.5 Å². The molecule has 4 aromatic rings. The Bertz CT molecular complexity index is 1150. The highest BCUT2D eigenvalue weighted by atomic mass is 35.5. The number of phenolic OH excluding ortho intramolecular Hbond substituents is 2. The molecule has 0 atom stereocenters. The average Bonchev–Trinajstić information content (AvgIpc) is 2.75. The van der Waals surface area contributed by atoms with E-state index in [-0.39, 0.29) is 22.2 Å². The third kappa shape index (κ3) is 3.53. The van der Waals surface area contributed by atoms with E-state index in [9.17, 15) is 10.2 Å². The van der Waals surface area contributed by atoms with Crippen LogP contribution in [0.15, 0.2) is 78.9 Å². The van der Waals surface area contributed by atoms with Crippen molar-refractivity contribution in [1.82, 2.24) is 0 Å². The minimum absolute atomic E-state index is 0.00597. The summed E-state index contributed by atoms with van der Waals surface area (Å²) in [6.07, 6.45) is 4.08. The van der Waals surface area contributed by atoms with Crippen LogP contribution in [-0.4, -0.2) is 10.2 Å².